The van der Waals surface area contributed by atoms with Gasteiger partial charge in [-0.2, -0.15) is 0 Å². The van der Waals surface area contributed by atoms with Crippen LogP contribution in [0, 0.1) is 0 Å². The van der Waals surface area contributed by atoms with Gasteiger partial charge >= 0.3 is 6.09 Å². The molecule has 17 heavy (non-hydrogen) atoms. The number of rotatable bonds is 2. The molecule has 0 unspecified atom stereocenters. The van der Waals surface area contributed by atoms with Gasteiger partial charge in [0.15, 0.2) is 0 Å². The Morgan fingerprint density at radius 1 is 1.35 bits per heavy atom. The van der Waals surface area contributed by atoms with E-state index in [2.05, 4.69) is 21.2 Å². The first-order valence-corrected chi connectivity index (χ1v) is 5.95. The lowest BCUT2D eigenvalue weighted by Crippen LogP contribution is -2.27. The molecule has 0 saturated heterocycles. The molecule has 1 aromatic carbocycles. The van der Waals surface area contributed by atoms with Crippen LogP contribution in [0.1, 0.15) is 20.8 Å². The zero-order chi connectivity index (χ0) is 13.1. The molecule has 0 atom stereocenters. The van der Waals surface area contributed by atoms with E-state index < -0.39 is 11.7 Å². The number of ether oxygens (including phenoxy) is 2. The van der Waals surface area contributed by atoms with Crippen molar-refractivity contribution in [3.05, 3.63) is 22.7 Å². The van der Waals surface area contributed by atoms with Gasteiger partial charge < -0.3 is 9.47 Å². The molecule has 0 aliphatic heterocycles. The molecule has 0 spiro atoms. The minimum absolute atomic E-state index is 0.494. The fourth-order valence-electron chi connectivity index (χ4n) is 1.18. The first-order chi connectivity index (χ1) is 7.83. The molecule has 5 heteroatoms. The van der Waals surface area contributed by atoms with E-state index in [1.165, 1.54) is 0 Å². The summed E-state index contributed by atoms with van der Waals surface area (Å²) < 4.78 is 11.0. The Labute approximate surface area is 109 Å². The van der Waals surface area contributed by atoms with E-state index in [9.17, 15) is 4.79 Å². The summed E-state index contributed by atoms with van der Waals surface area (Å²) in [4.78, 5) is 11.6. The standard InChI is InChI=1S/C12H16BrNO3/c1-12(2,3)17-11(15)14-8-6-5-7-9(16-4)10(8)13/h5-7H,1-4H3,(H,14,15). The minimum Gasteiger partial charge on any atom is -0.495 e. The highest BCUT2D eigenvalue weighted by Gasteiger charge is 2.17. The number of nitrogens with one attached hydrogen (secondary N) is 1. The van der Waals surface area contributed by atoms with Crippen molar-refractivity contribution in [1.29, 1.82) is 0 Å². The van der Waals surface area contributed by atoms with Crippen LogP contribution in [-0.4, -0.2) is 18.8 Å². The Balaban J connectivity index is 2.79. The van der Waals surface area contributed by atoms with Crippen LogP contribution < -0.4 is 10.1 Å². The van der Waals surface area contributed by atoms with Gasteiger partial charge in [0.25, 0.3) is 0 Å². The first kappa shape index (κ1) is 13.8. The second kappa shape index (κ2) is 5.40. The van der Waals surface area contributed by atoms with Crippen molar-refractivity contribution < 1.29 is 14.3 Å². The van der Waals surface area contributed by atoms with E-state index in [-0.39, 0.29) is 0 Å². The number of carbonyl (C=O) groups is 1. The summed E-state index contributed by atoms with van der Waals surface area (Å²) in [5.41, 5.74) is 0.0914. The van der Waals surface area contributed by atoms with Crippen LogP contribution in [0.15, 0.2) is 22.7 Å². The molecule has 4 nitrogen and oxygen atoms in total. The Morgan fingerprint density at radius 3 is 2.53 bits per heavy atom. The summed E-state index contributed by atoms with van der Waals surface area (Å²) >= 11 is 3.35. The first-order valence-electron chi connectivity index (χ1n) is 5.16. The topological polar surface area (TPSA) is 47.6 Å². The van der Waals surface area contributed by atoms with Gasteiger partial charge in [0.2, 0.25) is 0 Å². The number of anilines is 1. The van der Waals surface area contributed by atoms with E-state index in [1.807, 2.05) is 20.8 Å². The quantitative estimate of drug-likeness (QED) is 0.903. The van der Waals surface area contributed by atoms with Crippen LogP contribution in [0.4, 0.5) is 10.5 Å². The molecule has 0 saturated carbocycles. The molecule has 0 aromatic heterocycles. The molecule has 1 aromatic rings. The number of carbonyl (C=O) groups excluding carboxylic acids is 1. The normalized spacial score (nSPS) is 10.9. The van der Waals surface area contributed by atoms with Crippen LogP contribution >= 0.6 is 15.9 Å². The Morgan fingerprint density at radius 2 is 2.00 bits per heavy atom. The molecule has 0 bridgehead atoms. The van der Waals surface area contributed by atoms with Gasteiger partial charge in [-0.15, -0.1) is 0 Å². The van der Waals surface area contributed by atoms with Gasteiger partial charge in [-0.25, -0.2) is 4.79 Å². The summed E-state index contributed by atoms with van der Waals surface area (Å²) in [5.74, 6) is 0.651. The SMILES string of the molecule is COc1cccc(NC(=O)OC(C)(C)C)c1Br. The number of methoxy groups -OCH3 is 1. The smallest absolute Gasteiger partial charge is 0.412 e. The van der Waals surface area contributed by atoms with Gasteiger partial charge in [-0.1, -0.05) is 6.07 Å². The number of halogens is 1. The lowest BCUT2D eigenvalue weighted by Gasteiger charge is -2.20. The molecule has 0 heterocycles. The van der Waals surface area contributed by atoms with Gasteiger partial charge in [0.05, 0.1) is 17.3 Å². The molecule has 1 N–H and O–H groups in total. The van der Waals surface area contributed by atoms with Crippen LogP contribution in [0.5, 0.6) is 5.75 Å². The summed E-state index contributed by atoms with van der Waals surface area (Å²) in [7, 11) is 1.57. The monoisotopic (exact) mass is 301 g/mol. The third-order valence-electron chi connectivity index (χ3n) is 1.82. The highest BCUT2D eigenvalue weighted by atomic mass is 79.9. The van der Waals surface area contributed by atoms with Crippen molar-refractivity contribution in [1.82, 2.24) is 0 Å². The molecule has 0 radical (unpaired) electrons. The average molecular weight is 302 g/mol. The van der Waals surface area contributed by atoms with E-state index in [4.69, 9.17) is 9.47 Å². The van der Waals surface area contributed by atoms with Crippen molar-refractivity contribution in [2.24, 2.45) is 0 Å². The van der Waals surface area contributed by atoms with Gasteiger partial charge in [0, 0.05) is 0 Å². The number of hydrogen-bond donors (Lipinski definition) is 1. The third-order valence-corrected chi connectivity index (χ3v) is 2.64. The van der Waals surface area contributed by atoms with Crippen molar-refractivity contribution in [3.8, 4) is 5.75 Å². The third kappa shape index (κ3) is 4.26. The van der Waals surface area contributed by atoms with Crippen molar-refractivity contribution >= 4 is 27.7 Å². The van der Waals surface area contributed by atoms with Crippen LogP contribution in [0.2, 0.25) is 0 Å². The molecule has 94 valence electrons. The van der Waals surface area contributed by atoms with E-state index in [1.54, 1.807) is 25.3 Å². The Hall–Kier alpha value is -1.23. The minimum atomic E-state index is -0.518. The summed E-state index contributed by atoms with van der Waals surface area (Å²) in [6.45, 7) is 5.44. The maximum atomic E-state index is 11.6. The molecular formula is C12H16BrNO3. The lowest BCUT2D eigenvalue weighted by atomic mass is 10.2. The number of hydrogen-bond acceptors (Lipinski definition) is 3. The van der Waals surface area contributed by atoms with Gasteiger partial charge in [0.1, 0.15) is 11.4 Å². The van der Waals surface area contributed by atoms with Crippen LogP contribution in [0.3, 0.4) is 0 Å². The van der Waals surface area contributed by atoms with Gasteiger partial charge in [-0.3, -0.25) is 5.32 Å². The second-order valence-corrected chi connectivity index (χ2v) is 5.24. The Kier molecular flexibility index (Phi) is 4.40. The lowest BCUT2D eigenvalue weighted by molar-refractivity contribution is 0.0636. The van der Waals surface area contributed by atoms with Crippen molar-refractivity contribution in [3.63, 3.8) is 0 Å². The Bertz CT molecular complexity index is 413. The molecule has 1 amide bonds. The maximum absolute atomic E-state index is 11.6. The molecule has 0 aliphatic carbocycles. The zero-order valence-corrected chi connectivity index (χ0v) is 11.9. The number of benzene rings is 1. The fraction of sp³-hybridized carbons (Fsp3) is 0.417. The highest BCUT2D eigenvalue weighted by Crippen LogP contribution is 2.32. The summed E-state index contributed by atoms with van der Waals surface area (Å²) in [6, 6.07) is 5.34. The summed E-state index contributed by atoms with van der Waals surface area (Å²) in [6.07, 6.45) is -0.494. The molecule has 0 aliphatic rings. The zero-order valence-electron chi connectivity index (χ0n) is 10.3. The average Bonchev–Trinajstić information content (AvgIpc) is 2.18. The van der Waals surface area contributed by atoms with E-state index in [0.29, 0.717) is 15.9 Å². The van der Waals surface area contributed by atoms with E-state index >= 15 is 0 Å². The van der Waals surface area contributed by atoms with Crippen molar-refractivity contribution in [2.45, 2.75) is 26.4 Å². The predicted octanol–water partition coefficient (Wildman–Crippen LogP) is 3.80. The largest absolute Gasteiger partial charge is 0.495 e. The molecular weight excluding hydrogens is 286 g/mol. The fourth-order valence-corrected chi connectivity index (χ4v) is 1.70. The second-order valence-electron chi connectivity index (χ2n) is 4.45. The van der Waals surface area contributed by atoms with E-state index in [0.717, 1.165) is 0 Å². The van der Waals surface area contributed by atoms with Crippen molar-refractivity contribution in [2.75, 3.05) is 12.4 Å². The maximum Gasteiger partial charge on any atom is 0.412 e. The van der Waals surface area contributed by atoms with Crippen LogP contribution in [0.25, 0.3) is 0 Å². The highest BCUT2D eigenvalue weighted by molar-refractivity contribution is 9.10. The van der Waals surface area contributed by atoms with Gasteiger partial charge in [-0.05, 0) is 48.8 Å². The summed E-state index contributed by atoms with van der Waals surface area (Å²) in [5, 5.41) is 2.65. The number of amides is 1. The molecule has 0 fully saturated rings. The van der Waals surface area contributed by atoms with Crippen LogP contribution in [-0.2, 0) is 4.74 Å². The molecule has 1 rings (SSSR count). The predicted molar refractivity (Wildman–Crippen MR) is 70.6 cm³/mol.